The highest BCUT2D eigenvalue weighted by molar-refractivity contribution is 14.1. The van der Waals surface area contributed by atoms with Gasteiger partial charge < -0.3 is 9.64 Å². The molecule has 1 N–H and O–H groups in total. The molecule has 0 bridgehead atoms. The van der Waals surface area contributed by atoms with Crippen molar-refractivity contribution in [1.29, 1.82) is 0 Å². The number of hydrogen-bond acceptors (Lipinski definition) is 3. The molecule has 0 aliphatic carbocycles. The first-order chi connectivity index (χ1) is 8.87. The lowest BCUT2D eigenvalue weighted by Crippen LogP contribution is -2.41. The summed E-state index contributed by atoms with van der Waals surface area (Å²) in [6.07, 6.45) is 3.55. The molecule has 1 aromatic heterocycles. The smallest absolute Gasteiger partial charge is 0.410 e. The SMILES string of the molecule is CC(C)(C)OC(=O)N1CCC(c2[nH]ncc2I)CC1. The maximum absolute atomic E-state index is 12.0. The van der Waals surface area contributed by atoms with Gasteiger partial charge in [-0.2, -0.15) is 5.10 Å². The van der Waals surface area contributed by atoms with Crippen LogP contribution >= 0.6 is 22.6 Å². The normalized spacial score (nSPS) is 17.6. The average molecular weight is 377 g/mol. The van der Waals surface area contributed by atoms with Crippen LogP contribution < -0.4 is 0 Å². The zero-order chi connectivity index (χ0) is 14.0. The van der Waals surface area contributed by atoms with Crippen LogP contribution in [0.3, 0.4) is 0 Å². The predicted octanol–water partition coefficient (Wildman–Crippen LogP) is 3.13. The molecule has 5 nitrogen and oxygen atoms in total. The monoisotopic (exact) mass is 377 g/mol. The first kappa shape index (κ1) is 14.6. The van der Waals surface area contributed by atoms with E-state index in [1.165, 1.54) is 9.26 Å². The summed E-state index contributed by atoms with van der Waals surface area (Å²) in [5, 5.41) is 7.13. The van der Waals surface area contributed by atoms with Crippen LogP contribution in [0.25, 0.3) is 0 Å². The second-order valence-corrected chi connectivity index (χ2v) is 7.04. The summed E-state index contributed by atoms with van der Waals surface area (Å²) in [6.45, 7) is 7.17. The fourth-order valence-electron chi connectivity index (χ4n) is 2.24. The van der Waals surface area contributed by atoms with Gasteiger partial charge in [0.1, 0.15) is 5.60 Å². The Balaban J connectivity index is 1.89. The topological polar surface area (TPSA) is 58.2 Å². The molecule has 0 saturated carbocycles. The third-order valence-corrected chi connectivity index (χ3v) is 4.03. The predicted molar refractivity (Wildman–Crippen MR) is 81.1 cm³/mol. The quantitative estimate of drug-likeness (QED) is 0.766. The zero-order valence-corrected chi connectivity index (χ0v) is 13.7. The molecule has 19 heavy (non-hydrogen) atoms. The fraction of sp³-hybridized carbons (Fsp3) is 0.692. The second kappa shape index (κ2) is 5.68. The zero-order valence-electron chi connectivity index (χ0n) is 11.6. The van der Waals surface area contributed by atoms with Gasteiger partial charge in [0.25, 0.3) is 0 Å². The second-order valence-electron chi connectivity index (χ2n) is 5.87. The van der Waals surface area contributed by atoms with Crippen LogP contribution in [0.1, 0.15) is 45.2 Å². The van der Waals surface area contributed by atoms with Gasteiger partial charge in [-0.3, -0.25) is 5.10 Å². The number of likely N-dealkylation sites (tertiary alicyclic amines) is 1. The van der Waals surface area contributed by atoms with Crippen molar-refractivity contribution < 1.29 is 9.53 Å². The molecule has 0 unspecified atom stereocenters. The number of aromatic nitrogens is 2. The lowest BCUT2D eigenvalue weighted by molar-refractivity contribution is 0.0204. The Morgan fingerprint density at radius 3 is 2.58 bits per heavy atom. The number of halogens is 1. The van der Waals surface area contributed by atoms with Crippen LogP contribution in [-0.4, -0.2) is 39.9 Å². The van der Waals surface area contributed by atoms with Gasteiger partial charge in [0.05, 0.1) is 15.5 Å². The molecule has 0 atom stereocenters. The molecule has 1 aliphatic rings. The van der Waals surface area contributed by atoms with Crippen molar-refractivity contribution in [3.05, 3.63) is 15.5 Å². The molecule has 0 spiro atoms. The van der Waals surface area contributed by atoms with Crippen LogP contribution in [-0.2, 0) is 4.74 Å². The van der Waals surface area contributed by atoms with Gasteiger partial charge >= 0.3 is 6.09 Å². The molecule has 1 aromatic rings. The summed E-state index contributed by atoms with van der Waals surface area (Å²) in [6, 6.07) is 0. The summed E-state index contributed by atoms with van der Waals surface area (Å²) in [4.78, 5) is 13.8. The maximum Gasteiger partial charge on any atom is 0.410 e. The van der Waals surface area contributed by atoms with Crippen molar-refractivity contribution in [2.75, 3.05) is 13.1 Å². The number of piperidine rings is 1. The Bertz CT molecular complexity index is 445. The highest BCUT2D eigenvalue weighted by Crippen LogP contribution is 2.29. The van der Waals surface area contributed by atoms with E-state index in [1.807, 2.05) is 27.0 Å². The number of ether oxygens (including phenoxy) is 1. The molecule has 2 heterocycles. The van der Waals surface area contributed by atoms with E-state index in [0.29, 0.717) is 5.92 Å². The maximum atomic E-state index is 12.0. The van der Waals surface area contributed by atoms with Crippen LogP contribution in [0.2, 0.25) is 0 Å². The molecule has 0 radical (unpaired) electrons. The van der Waals surface area contributed by atoms with Crippen LogP contribution in [0.4, 0.5) is 4.79 Å². The Morgan fingerprint density at radius 1 is 1.47 bits per heavy atom. The molecule has 0 aromatic carbocycles. The van der Waals surface area contributed by atoms with Crippen LogP contribution in [0.5, 0.6) is 0 Å². The number of amides is 1. The van der Waals surface area contributed by atoms with Gasteiger partial charge in [-0.1, -0.05) is 0 Å². The lowest BCUT2D eigenvalue weighted by atomic mass is 9.94. The molecule has 2 rings (SSSR count). The Morgan fingerprint density at radius 2 is 2.11 bits per heavy atom. The highest BCUT2D eigenvalue weighted by atomic mass is 127. The molecule has 1 amide bonds. The first-order valence-electron chi connectivity index (χ1n) is 6.53. The minimum Gasteiger partial charge on any atom is -0.444 e. The molecule has 1 aliphatic heterocycles. The molecule has 1 saturated heterocycles. The van der Waals surface area contributed by atoms with E-state index in [9.17, 15) is 4.79 Å². The Hall–Kier alpha value is -0.790. The number of nitrogens with one attached hydrogen (secondary N) is 1. The molecular formula is C13H20IN3O2. The number of H-pyrrole nitrogens is 1. The number of hydrogen-bond donors (Lipinski definition) is 1. The van der Waals surface area contributed by atoms with E-state index in [2.05, 4.69) is 32.8 Å². The van der Waals surface area contributed by atoms with Crippen molar-refractivity contribution in [2.45, 2.75) is 45.1 Å². The van der Waals surface area contributed by atoms with Crippen molar-refractivity contribution in [1.82, 2.24) is 15.1 Å². The van der Waals surface area contributed by atoms with Crippen molar-refractivity contribution in [3.63, 3.8) is 0 Å². The largest absolute Gasteiger partial charge is 0.444 e. The third-order valence-electron chi connectivity index (χ3n) is 3.18. The highest BCUT2D eigenvalue weighted by Gasteiger charge is 2.28. The van der Waals surface area contributed by atoms with Gasteiger partial charge in [-0.05, 0) is 56.2 Å². The number of nitrogens with zero attached hydrogens (tertiary/aromatic N) is 2. The summed E-state index contributed by atoms with van der Waals surface area (Å²) in [5.74, 6) is 0.466. The van der Waals surface area contributed by atoms with E-state index < -0.39 is 5.60 Å². The van der Waals surface area contributed by atoms with E-state index in [-0.39, 0.29) is 6.09 Å². The molecule has 6 heteroatoms. The van der Waals surface area contributed by atoms with Crippen molar-refractivity contribution in [3.8, 4) is 0 Å². The van der Waals surface area contributed by atoms with Gasteiger partial charge in [0, 0.05) is 19.0 Å². The van der Waals surface area contributed by atoms with Crippen molar-refractivity contribution in [2.24, 2.45) is 0 Å². The van der Waals surface area contributed by atoms with Crippen LogP contribution in [0, 0.1) is 3.57 Å². The van der Waals surface area contributed by atoms with Crippen LogP contribution in [0.15, 0.2) is 6.20 Å². The average Bonchev–Trinajstić information content (AvgIpc) is 2.73. The van der Waals surface area contributed by atoms with Gasteiger partial charge in [0.15, 0.2) is 0 Å². The Labute approximate surface area is 127 Å². The summed E-state index contributed by atoms with van der Waals surface area (Å²) in [7, 11) is 0. The van der Waals surface area contributed by atoms with E-state index in [0.717, 1.165) is 25.9 Å². The van der Waals surface area contributed by atoms with Gasteiger partial charge in [-0.15, -0.1) is 0 Å². The molecule has 106 valence electrons. The lowest BCUT2D eigenvalue weighted by Gasteiger charge is -2.33. The number of aromatic amines is 1. The van der Waals surface area contributed by atoms with Gasteiger partial charge in [0.2, 0.25) is 0 Å². The molecular weight excluding hydrogens is 357 g/mol. The standard InChI is InChI=1S/C13H20IN3O2/c1-13(2,3)19-12(18)17-6-4-9(5-7-17)11-10(14)8-15-16-11/h8-9H,4-7H2,1-3H3,(H,15,16). The van der Waals surface area contributed by atoms with E-state index in [4.69, 9.17) is 4.74 Å². The Kier molecular flexibility index (Phi) is 4.37. The minimum atomic E-state index is -0.424. The summed E-state index contributed by atoms with van der Waals surface area (Å²) < 4.78 is 6.57. The minimum absolute atomic E-state index is 0.203. The number of carbonyl (C=O) groups excluding carboxylic acids is 1. The summed E-state index contributed by atoms with van der Waals surface area (Å²) >= 11 is 2.30. The van der Waals surface area contributed by atoms with Gasteiger partial charge in [-0.25, -0.2) is 4.79 Å². The number of carbonyl (C=O) groups is 1. The van der Waals surface area contributed by atoms with E-state index in [1.54, 1.807) is 4.90 Å². The third kappa shape index (κ3) is 3.84. The number of rotatable bonds is 1. The fourth-order valence-corrected chi connectivity index (χ4v) is 2.95. The summed E-state index contributed by atoms with van der Waals surface area (Å²) in [5.41, 5.74) is 0.775. The molecule has 1 fully saturated rings. The first-order valence-corrected chi connectivity index (χ1v) is 7.61. The van der Waals surface area contributed by atoms with Crippen molar-refractivity contribution >= 4 is 28.7 Å². The van der Waals surface area contributed by atoms with E-state index >= 15 is 0 Å².